The van der Waals surface area contributed by atoms with Crippen LogP contribution in [0.2, 0.25) is 0 Å². The zero-order valence-corrected chi connectivity index (χ0v) is 16.0. The largest absolute Gasteiger partial charge is 0.449 e. The number of carbonyl (C=O) groups excluding carboxylic acids is 2. The van der Waals surface area contributed by atoms with Gasteiger partial charge < -0.3 is 9.26 Å². The first-order valence-electron chi connectivity index (χ1n) is 8.47. The van der Waals surface area contributed by atoms with Crippen LogP contribution in [0.15, 0.2) is 40.2 Å². The van der Waals surface area contributed by atoms with E-state index in [1.54, 1.807) is 6.92 Å². The van der Waals surface area contributed by atoms with Gasteiger partial charge in [0.2, 0.25) is 0 Å². The van der Waals surface area contributed by atoms with E-state index < -0.39 is 18.0 Å². The lowest BCUT2D eigenvalue weighted by molar-refractivity contribution is -0.123. The van der Waals surface area contributed by atoms with Crippen LogP contribution in [0.3, 0.4) is 0 Å². The van der Waals surface area contributed by atoms with Crippen LogP contribution in [0.1, 0.15) is 35.7 Å². The Morgan fingerprint density at radius 2 is 2.04 bits per heavy atom. The Hall–Kier alpha value is -3.00. The van der Waals surface area contributed by atoms with Crippen LogP contribution in [-0.4, -0.2) is 28.1 Å². The van der Waals surface area contributed by atoms with E-state index in [1.165, 1.54) is 18.3 Å². The fourth-order valence-electron chi connectivity index (χ4n) is 2.47. The fraction of sp³-hybridized carbons (Fsp3) is 0.263. The van der Waals surface area contributed by atoms with Gasteiger partial charge in [-0.25, -0.2) is 9.78 Å². The molecule has 2 aromatic heterocycles. The van der Waals surface area contributed by atoms with E-state index in [4.69, 9.17) is 9.26 Å². The third-order valence-corrected chi connectivity index (χ3v) is 4.69. The summed E-state index contributed by atoms with van der Waals surface area (Å²) < 4.78 is 10.3. The monoisotopic (exact) mass is 385 g/mol. The summed E-state index contributed by atoms with van der Waals surface area (Å²) in [6, 6.07) is 9.66. The molecule has 1 aromatic carbocycles. The summed E-state index contributed by atoms with van der Waals surface area (Å²) in [6.45, 7) is 5.00. The molecule has 0 radical (unpaired) electrons. The highest BCUT2D eigenvalue weighted by Crippen LogP contribution is 2.25. The number of aromatic nitrogens is 2. The molecule has 0 saturated heterocycles. The van der Waals surface area contributed by atoms with E-state index in [2.05, 4.69) is 15.5 Å². The highest BCUT2D eigenvalue weighted by Gasteiger charge is 2.25. The molecule has 1 amide bonds. The van der Waals surface area contributed by atoms with Gasteiger partial charge >= 0.3 is 5.97 Å². The number of thiazole rings is 1. The normalized spacial score (nSPS) is 11.8. The lowest BCUT2D eigenvalue weighted by Crippen LogP contribution is -2.30. The van der Waals surface area contributed by atoms with Gasteiger partial charge in [-0.2, -0.15) is 0 Å². The molecule has 0 aliphatic heterocycles. The van der Waals surface area contributed by atoms with E-state index in [0.717, 1.165) is 11.3 Å². The number of hydrogen-bond acceptors (Lipinski definition) is 7. The molecule has 27 heavy (non-hydrogen) atoms. The smallest absolute Gasteiger partial charge is 0.344 e. The van der Waals surface area contributed by atoms with Gasteiger partial charge in [0.1, 0.15) is 11.3 Å². The maximum Gasteiger partial charge on any atom is 0.344 e. The molecule has 0 aliphatic carbocycles. The Bertz CT molecular complexity index is 949. The summed E-state index contributed by atoms with van der Waals surface area (Å²) in [4.78, 5) is 29.1. The van der Waals surface area contributed by atoms with Gasteiger partial charge in [-0.1, -0.05) is 42.4 Å². The van der Waals surface area contributed by atoms with E-state index in [0.29, 0.717) is 23.0 Å². The molecule has 2 heterocycles. The molecule has 7 nitrogen and oxygen atoms in total. The summed E-state index contributed by atoms with van der Waals surface area (Å²) >= 11 is 1.31. The van der Waals surface area contributed by atoms with Crippen LogP contribution in [0.25, 0.3) is 11.3 Å². The van der Waals surface area contributed by atoms with Crippen molar-refractivity contribution >= 4 is 28.3 Å². The van der Waals surface area contributed by atoms with Crippen LogP contribution in [0, 0.1) is 6.92 Å². The predicted octanol–water partition coefficient (Wildman–Crippen LogP) is 3.85. The highest BCUT2D eigenvalue weighted by molar-refractivity contribution is 7.14. The molecule has 1 atom stereocenters. The van der Waals surface area contributed by atoms with Crippen molar-refractivity contribution in [1.82, 2.24) is 10.1 Å². The van der Waals surface area contributed by atoms with Gasteiger partial charge in [0.15, 0.2) is 11.2 Å². The van der Waals surface area contributed by atoms with Crippen LogP contribution in [0.4, 0.5) is 5.13 Å². The average molecular weight is 385 g/mol. The molecular weight excluding hydrogens is 366 g/mol. The van der Waals surface area contributed by atoms with E-state index >= 15 is 0 Å². The summed E-state index contributed by atoms with van der Waals surface area (Å²) in [6.07, 6.45) is -0.454. The van der Waals surface area contributed by atoms with Gasteiger partial charge in [-0.3, -0.25) is 10.1 Å². The second kappa shape index (κ2) is 8.13. The lowest BCUT2D eigenvalue weighted by Gasteiger charge is -2.12. The Labute approximate surface area is 160 Å². The molecule has 140 valence electrons. The highest BCUT2D eigenvalue weighted by atomic mass is 32.1. The standard InChI is InChI=1S/C19H19N3O4S/c1-4-14-16(11(2)26-22-14)18(24)25-12(3)17(23)21-19-20-15(10-27-19)13-8-6-5-7-9-13/h5-10,12H,4H2,1-3H3,(H,20,21,23). The lowest BCUT2D eigenvalue weighted by atomic mass is 10.1. The van der Waals surface area contributed by atoms with Crippen molar-refractivity contribution in [3.05, 3.63) is 52.7 Å². The van der Waals surface area contributed by atoms with Gasteiger partial charge in [-0.15, -0.1) is 11.3 Å². The predicted molar refractivity (Wildman–Crippen MR) is 102 cm³/mol. The zero-order valence-electron chi connectivity index (χ0n) is 15.2. The number of aryl methyl sites for hydroxylation is 2. The van der Waals surface area contributed by atoms with Crippen molar-refractivity contribution in [1.29, 1.82) is 0 Å². The molecule has 3 aromatic rings. The SMILES string of the molecule is CCc1noc(C)c1C(=O)OC(C)C(=O)Nc1nc(-c2ccccc2)cs1. The second-order valence-electron chi connectivity index (χ2n) is 5.85. The molecule has 1 unspecified atom stereocenters. The number of ether oxygens (including phenoxy) is 1. The Morgan fingerprint density at radius 1 is 1.30 bits per heavy atom. The maximum atomic E-state index is 12.3. The van der Waals surface area contributed by atoms with E-state index in [1.807, 2.05) is 42.6 Å². The molecule has 0 saturated carbocycles. The molecule has 0 bridgehead atoms. The number of anilines is 1. The molecule has 0 spiro atoms. The molecule has 1 N–H and O–H groups in total. The average Bonchev–Trinajstić information content (AvgIpc) is 3.28. The minimum atomic E-state index is -0.986. The van der Waals surface area contributed by atoms with Crippen LogP contribution >= 0.6 is 11.3 Å². The number of rotatable bonds is 6. The molecular formula is C19H19N3O4S. The van der Waals surface area contributed by atoms with Crippen molar-refractivity contribution in [3.63, 3.8) is 0 Å². The topological polar surface area (TPSA) is 94.3 Å². The fourth-order valence-corrected chi connectivity index (χ4v) is 3.20. The summed E-state index contributed by atoms with van der Waals surface area (Å²) in [5.41, 5.74) is 2.52. The Morgan fingerprint density at radius 3 is 2.74 bits per heavy atom. The first-order valence-corrected chi connectivity index (χ1v) is 9.35. The third-order valence-electron chi connectivity index (χ3n) is 3.93. The van der Waals surface area contributed by atoms with Gasteiger partial charge in [0.05, 0.1) is 11.4 Å². The number of benzene rings is 1. The van der Waals surface area contributed by atoms with Crippen LogP contribution in [0.5, 0.6) is 0 Å². The Kier molecular flexibility index (Phi) is 5.66. The third kappa shape index (κ3) is 4.22. The van der Waals surface area contributed by atoms with Gasteiger partial charge in [0, 0.05) is 10.9 Å². The van der Waals surface area contributed by atoms with E-state index in [9.17, 15) is 9.59 Å². The van der Waals surface area contributed by atoms with Gasteiger partial charge in [0.25, 0.3) is 5.91 Å². The molecule has 8 heteroatoms. The van der Waals surface area contributed by atoms with Crippen molar-refractivity contribution in [2.75, 3.05) is 5.32 Å². The number of amides is 1. The number of nitrogens with zero attached hydrogens (tertiary/aromatic N) is 2. The molecule has 0 fully saturated rings. The van der Waals surface area contributed by atoms with Crippen molar-refractivity contribution in [2.45, 2.75) is 33.3 Å². The minimum Gasteiger partial charge on any atom is -0.449 e. The maximum absolute atomic E-state index is 12.3. The van der Waals surface area contributed by atoms with Crippen LogP contribution in [-0.2, 0) is 16.0 Å². The Balaban J connectivity index is 1.63. The van der Waals surface area contributed by atoms with Crippen molar-refractivity contribution in [3.8, 4) is 11.3 Å². The number of carbonyl (C=O) groups is 2. The summed E-state index contributed by atoms with van der Waals surface area (Å²) in [5.74, 6) is -0.710. The van der Waals surface area contributed by atoms with Crippen LogP contribution < -0.4 is 5.32 Å². The zero-order chi connectivity index (χ0) is 19.4. The summed E-state index contributed by atoms with van der Waals surface area (Å²) in [5, 5.41) is 8.80. The number of esters is 1. The molecule has 3 rings (SSSR count). The number of nitrogens with one attached hydrogen (secondary N) is 1. The van der Waals surface area contributed by atoms with Crippen molar-refractivity contribution in [2.24, 2.45) is 0 Å². The quantitative estimate of drug-likeness (QED) is 0.648. The minimum absolute atomic E-state index is 0.276. The molecule has 0 aliphatic rings. The van der Waals surface area contributed by atoms with Gasteiger partial charge in [-0.05, 0) is 20.3 Å². The van der Waals surface area contributed by atoms with Crippen molar-refractivity contribution < 1.29 is 18.8 Å². The second-order valence-corrected chi connectivity index (χ2v) is 6.71. The first kappa shape index (κ1) is 18.8. The summed E-state index contributed by atoms with van der Waals surface area (Å²) in [7, 11) is 0. The van der Waals surface area contributed by atoms with E-state index in [-0.39, 0.29) is 5.56 Å². The number of hydrogen-bond donors (Lipinski definition) is 1. The first-order chi connectivity index (χ1) is 13.0.